The Hall–Kier alpha value is -3.96. The van der Waals surface area contributed by atoms with Gasteiger partial charge >= 0.3 is 12.1 Å². The third-order valence-corrected chi connectivity index (χ3v) is 4.16. The molecular weight excluding hydrogens is 409 g/mol. The summed E-state index contributed by atoms with van der Waals surface area (Å²) < 4.78 is 39.7. The van der Waals surface area contributed by atoms with Crippen LogP contribution in [0.5, 0.6) is 5.75 Å². The van der Waals surface area contributed by atoms with Crippen molar-refractivity contribution in [1.29, 1.82) is 0 Å². The van der Waals surface area contributed by atoms with E-state index in [1.54, 1.807) is 0 Å². The maximum atomic E-state index is 12.9. The van der Waals surface area contributed by atoms with E-state index in [-0.39, 0.29) is 22.3 Å². The molecule has 3 rings (SSSR count). The minimum atomic E-state index is -4.66. The molecule has 156 valence electrons. The number of pyridine rings is 3. The summed E-state index contributed by atoms with van der Waals surface area (Å²) in [7, 11) is 1.27. The first-order valence-corrected chi connectivity index (χ1v) is 8.27. The predicted molar refractivity (Wildman–Crippen MR) is 96.9 cm³/mol. The van der Waals surface area contributed by atoms with Crippen LogP contribution in [0.25, 0.3) is 22.3 Å². The van der Waals surface area contributed by atoms with Gasteiger partial charge in [0.2, 0.25) is 0 Å². The van der Waals surface area contributed by atoms with Crippen LogP contribution in [0.15, 0.2) is 35.3 Å². The third-order valence-electron chi connectivity index (χ3n) is 4.16. The van der Waals surface area contributed by atoms with Gasteiger partial charge in [0.1, 0.15) is 29.2 Å². The van der Waals surface area contributed by atoms with Crippen molar-refractivity contribution in [3.8, 4) is 17.0 Å². The van der Waals surface area contributed by atoms with Gasteiger partial charge in [-0.2, -0.15) is 13.2 Å². The van der Waals surface area contributed by atoms with Gasteiger partial charge in [0.15, 0.2) is 0 Å². The number of fused-ring (bicyclic) bond motifs is 1. The summed E-state index contributed by atoms with van der Waals surface area (Å²) in [5, 5.41) is 21.0. The van der Waals surface area contributed by atoms with E-state index >= 15 is 0 Å². The Morgan fingerprint density at radius 1 is 1.27 bits per heavy atom. The van der Waals surface area contributed by atoms with E-state index in [4.69, 9.17) is 5.11 Å². The Bertz CT molecular complexity index is 1240. The van der Waals surface area contributed by atoms with Gasteiger partial charge in [0.25, 0.3) is 11.5 Å². The summed E-state index contributed by atoms with van der Waals surface area (Å²) in [5.74, 6) is -3.27. The van der Waals surface area contributed by atoms with Gasteiger partial charge < -0.3 is 15.5 Å². The summed E-state index contributed by atoms with van der Waals surface area (Å²) >= 11 is 0. The SMILES string of the molecule is Cn1c(=O)c(C(=O)NCC(=O)O)c(O)c2cc(-c3cccc(C(F)(F)F)n3)cnc21. The zero-order valence-corrected chi connectivity index (χ0v) is 15.2. The van der Waals surface area contributed by atoms with Gasteiger partial charge in [0.05, 0.1) is 11.1 Å². The quantitative estimate of drug-likeness (QED) is 0.580. The molecule has 0 saturated carbocycles. The first kappa shape index (κ1) is 20.8. The maximum Gasteiger partial charge on any atom is 0.433 e. The summed E-state index contributed by atoms with van der Waals surface area (Å²) in [6.07, 6.45) is -3.49. The van der Waals surface area contributed by atoms with E-state index in [9.17, 15) is 32.7 Å². The number of aromatic hydroxyl groups is 1. The number of carboxylic acids is 1. The fourth-order valence-corrected chi connectivity index (χ4v) is 2.74. The number of carboxylic acid groups (broad SMARTS) is 1. The number of amides is 1. The second-order valence-electron chi connectivity index (χ2n) is 6.17. The van der Waals surface area contributed by atoms with Crippen LogP contribution in [0.2, 0.25) is 0 Å². The zero-order chi connectivity index (χ0) is 22.2. The highest BCUT2D eigenvalue weighted by Crippen LogP contribution is 2.31. The first-order valence-electron chi connectivity index (χ1n) is 8.27. The van der Waals surface area contributed by atoms with Crippen molar-refractivity contribution >= 4 is 22.9 Å². The van der Waals surface area contributed by atoms with Gasteiger partial charge in [-0.25, -0.2) is 9.97 Å². The molecule has 0 aliphatic rings. The molecule has 0 aromatic carbocycles. The average molecular weight is 422 g/mol. The second-order valence-corrected chi connectivity index (χ2v) is 6.17. The first-order chi connectivity index (χ1) is 14.0. The van der Waals surface area contributed by atoms with Gasteiger partial charge in [-0.15, -0.1) is 0 Å². The largest absolute Gasteiger partial charge is 0.506 e. The molecule has 0 fully saturated rings. The maximum absolute atomic E-state index is 12.9. The van der Waals surface area contributed by atoms with Gasteiger partial charge in [-0.1, -0.05) is 6.07 Å². The second kappa shape index (κ2) is 7.46. The third kappa shape index (κ3) is 3.79. The van der Waals surface area contributed by atoms with E-state index in [0.29, 0.717) is 0 Å². The molecule has 0 saturated heterocycles. The summed E-state index contributed by atoms with van der Waals surface area (Å²) in [5.41, 5.74) is -2.81. The molecule has 0 radical (unpaired) electrons. The number of alkyl halides is 3. The summed E-state index contributed by atoms with van der Waals surface area (Å²) in [6.45, 7) is -0.786. The van der Waals surface area contributed by atoms with Crippen molar-refractivity contribution in [2.45, 2.75) is 6.18 Å². The molecule has 3 aromatic heterocycles. The van der Waals surface area contributed by atoms with Gasteiger partial charge in [-0.05, 0) is 18.2 Å². The lowest BCUT2D eigenvalue weighted by molar-refractivity contribution is -0.141. The van der Waals surface area contributed by atoms with Crippen LogP contribution in [0.3, 0.4) is 0 Å². The van der Waals surface area contributed by atoms with Crippen molar-refractivity contribution < 1.29 is 33.0 Å². The molecule has 12 heteroatoms. The van der Waals surface area contributed by atoms with Crippen molar-refractivity contribution in [2.75, 3.05) is 6.54 Å². The Morgan fingerprint density at radius 2 is 1.97 bits per heavy atom. The van der Waals surface area contributed by atoms with Crippen LogP contribution in [0.1, 0.15) is 16.1 Å². The number of nitrogens with zero attached hydrogens (tertiary/aromatic N) is 3. The molecule has 30 heavy (non-hydrogen) atoms. The number of aliphatic carboxylic acids is 1. The number of carbonyl (C=O) groups excluding carboxylic acids is 1. The minimum absolute atomic E-state index is 0.0389. The van der Waals surface area contributed by atoms with Crippen molar-refractivity contribution in [2.24, 2.45) is 7.05 Å². The highest BCUT2D eigenvalue weighted by atomic mass is 19.4. The van der Waals surface area contributed by atoms with Crippen LogP contribution >= 0.6 is 0 Å². The number of carbonyl (C=O) groups is 2. The minimum Gasteiger partial charge on any atom is -0.506 e. The molecule has 3 aromatic rings. The van der Waals surface area contributed by atoms with E-state index in [1.165, 1.54) is 25.4 Å². The van der Waals surface area contributed by atoms with Crippen molar-refractivity contribution in [1.82, 2.24) is 19.9 Å². The van der Waals surface area contributed by atoms with Gasteiger partial charge in [-0.3, -0.25) is 19.0 Å². The number of rotatable bonds is 4. The molecule has 9 nitrogen and oxygen atoms in total. The Labute approximate surface area is 165 Å². The lowest BCUT2D eigenvalue weighted by atomic mass is 10.1. The Kier molecular flexibility index (Phi) is 5.16. The van der Waals surface area contributed by atoms with Crippen molar-refractivity contribution in [3.05, 3.63) is 52.1 Å². The lowest BCUT2D eigenvalue weighted by Gasteiger charge is -2.12. The predicted octanol–water partition coefficient (Wildman–Crippen LogP) is 1.53. The molecule has 0 aliphatic carbocycles. The smallest absolute Gasteiger partial charge is 0.433 e. The number of nitrogens with one attached hydrogen (secondary N) is 1. The van der Waals surface area contributed by atoms with Crippen LogP contribution in [-0.4, -0.2) is 43.2 Å². The molecule has 3 N–H and O–H groups in total. The van der Waals surface area contributed by atoms with Gasteiger partial charge in [0, 0.05) is 18.8 Å². The molecule has 1 amide bonds. The molecule has 0 spiro atoms. The molecule has 3 heterocycles. The van der Waals surface area contributed by atoms with Crippen molar-refractivity contribution in [3.63, 3.8) is 0 Å². The lowest BCUT2D eigenvalue weighted by Crippen LogP contribution is -2.35. The molecular formula is C18H13F3N4O5. The molecule has 0 aliphatic heterocycles. The topological polar surface area (TPSA) is 134 Å². The van der Waals surface area contributed by atoms with E-state index in [1.807, 2.05) is 5.32 Å². The Morgan fingerprint density at radius 3 is 2.60 bits per heavy atom. The average Bonchev–Trinajstić information content (AvgIpc) is 2.70. The molecule has 0 atom stereocenters. The molecule has 0 bridgehead atoms. The Balaban J connectivity index is 2.18. The molecule has 0 unspecified atom stereocenters. The van der Waals surface area contributed by atoms with E-state index in [0.717, 1.165) is 16.7 Å². The monoisotopic (exact) mass is 422 g/mol. The number of hydrogen-bond donors (Lipinski definition) is 3. The van der Waals surface area contributed by atoms with Crippen LogP contribution in [-0.2, 0) is 18.0 Å². The summed E-state index contributed by atoms with van der Waals surface area (Å²) in [6, 6.07) is 4.48. The number of aromatic nitrogens is 3. The summed E-state index contributed by atoms with van der Waals surface area (Å²) in [4.78, 5) is 42.8. The zero-order valence-electron chi connectivity index (χ0n) is 15.2. The van der Waals surface area contributed by atoms with E-state index < -0.39 is 47.2 Å². The standard InChI is InChI=1S/C18H13F3N4O5/c1-25-15-9(14(28)13(17(25)30)16(29)23-7-12(26)27)5-8(6-22-15)10-3-2-4-11(24-10)18(19,20)21/h2-6,28H,7H2,1H3,(H,23,29)(H,26,27). The highest BCUT2D eigenvalue weighted by Gasteiger charge is 2.32. The van der Waals surface area contributed by atoms with E-state index in [2.05, 4.69) is 9.97 Å². The van der Waals surface area contributed by atoms with Crippen LogP contribution < -0.4 is 10.9 Å². The fraction of sp³-hybridized carbons (Fsp3) is 0.167. The normalized spacial score (nSPS) is 11.5. The number of hydrogen-bond acceptors (Lipinski definition) is 6. The number of halogens is 3. The fourth-order valence-electron chi connectivity index (χ4n) is 2.74. The van der Waals surface area contributed by atoms with Crippen LogP contribution in [0.4, 0.5) is 13.2 Å². The van der Waals surface area contributed by atoms with Crippen LogP contribution in [0, 0.1) is 0 Å². The number of aryl methyl sites for hydroxylation is 1. The highest BCUT2D eigenvalue weighted by molar-refractivity contribution is 6.03.